The summed E-state index contributed by atoms with van der Waals surface area (Å²) in [4.78, 5) is 11.3. The van der Waals surface area contributed by atoms with Gasteiger partial charge in [0.15, 0.2) is 0 Å². The van der Waals surface area contributed by atoms with E-state index in [1.54, 1.807) is 6.92 Å². The third-order valence-electron chi connectivity index (χ3n) is 3.67. The fourth-order valence-electron chi connectivity index (χ4n) is 2.23. The zero-order valence-corrected chi connectivity index (χ0v) is 11.0. The minimum absolute atomic E-state index is 0.0608. The van der Waals surface area contributed by atoms with Gasteiger partial charge in [-0.3, -0.25) is 4.79 Å². The Morgan fingerprint density at radius 1 is 1.47 bits per heavy atom. The van der Waals surface area contributed by atoms with Gasteiger partial charge >= 0.3 is 5.97 Å². The van der Waals surface area contributed by atoms with Crippen LogP contribution in [0.5, 0.6) is 0 Å². The van der Waals surface area contributed by atoms with Crippen molar-refractivity contribution in [3.05, 3.63) is 0 Å². The normalized spacial score (nSPS) is 19.9. The van der Waals surface area contributed by atoms with Gasteiger partial charge < -0.3 is 10.8 Å². The smallest absolute Gasteiger partial charge is 0.311 e. The molecule has 0 radical (unpaired) electrons. The molecule has 0 bridgehead atoms. The van der Waals surface area contributed by atoms with Gasteiger partial charge in [-0.25, -0.2) is 8.42 Å². The van der Waals surface area contributed by atoms with Crippen LogP contribution >= 0.6 is 0 Å². The van der Waals surface area contributed by atoms with Crippen LogP contribution in [-0.4, -0.2) is 37.5 Å². The molecule has 0 amide bonds. The van der Waals surface area contributed by atoms with E-state index in [9.17, 15) is 18.3 Å². The lowest BCUT2D eigenvalue weighted by atomic mass is 9.78. The summed E-state index contributed by atoms with van der Waals surface area (Å²) in [7, 11) is -3.01. The van der Waals surface area contributed by atoms with E-state index in [2.05, 4.69) is 0 Å². The number of hydrogen-bond acceptors (Lipinski definition) is 4. The second-order valence-electron chi connectivity index (χ2n) is 4.78. The van der Waals surface area contributed by atoms with Crippen molar-refractivity contribution in [2.75, 3.05) is 18.1 Å². The molecule has 1 fully saturated rings. The first-order valence-corrected chi connectivity index (χ1v) is 7.84. The number of carboxylic acids is 1. The van der Waals surface area contributed by atoms with Gasteiger partial charge in [-0.15, -0.1) is 0 Å². The summed E-state index contributed by atoms with van der Waals surface area (Å²) in [6.07, 6.45) is 2.53. The Hall–Kier alpha value is -0.620. The lowest BCUT2D eigenvalue weighted by Crippen LogP contribution is -2.41. The molecule has 1 aliphatic carbocycles. The molecule has 3 N–H and O–H groups in total. The molecule has 0 aromatic rings. The number of aliphatic carboxylic acids is 1. The molecule has 0 spiro atoms. The Bertz CT molecular complexity index is 375. The molecule has 1 saturated carbocycles. The summed E-state index contributed by atoms with van der Waals surface area (Å²) in [6, 6.07) is 0. The maximum absolute atomic E-state index is 11.4. The number of rotatable bonds is 8. The number of carbonyl (C=O) groups is 1. The van der Waals surface area contributed by atoms with E-state index in [4.69, 9.17) is 5.73 Å². The largest absolute Gasteiger partial charge is 0.481 e. The molecule has 100 valence electrons. The van der Waals surface area contributed by atoms with Crippen molar-refractivity contribution in [2.45, 2.75) is 32.6 Å². The lowest BCUT2D eigenvalue weighted by Gasteiger charge is -2.27. The highest BCUT2D eigenvalue weighted by Gasteiger charge is 2.49. The quantitative estimate of drug-likeness (QED) is 0.669. The summed E-state index contributed by atoms with van der Waals surface area (Å²) in [5.74, 6) is -0.574. The Labute approximate surface area is 102 Å². The summed E-state index contributed by atoms with van der Waals surface area (Å²) in [6.45, 7) is 1.70. The molecule has 0 aromatic heterocycles. The van der Waals surface area contributed by atoms with Gasteiger partial charge in [0.05, 0.1) is 11.2 Å². The SMILES string of the molecule is CCS(=O)(=O)CCCC(CN)(C(=O)O)C1CC1. The molecular weight excluding hydrogens is 242 g/mol. The Morgan fingerprint density at radius 2 is 2.06 bits per heavy atom. The minimum atomic E-state index is -3.01. The van der Waals surface area contributed by atoms with Gasteiger partial charge in [0, 0.05) is 12.3 Å². The van der Waals surface area contributed by atoms with Crippen LogP contribution in [0.3, 0.4) is 0 Å². The molecule has 1 rings (SSSR count). The van der Waals surface area contributed by atoms with Crippen molar-refractivity contribution >= 4 is 15.8 Å². The summed E-state index contributed by atoms with van der Waals surface area (Å²) in [5.41, 5.74) is 4.70. The monoisotopic (exact) mass is 263 g/mol. The van der Waals surface area contributed by atoms with E-state index in [0.29, 0.717) is 12.8 Å². The zero-order valence-electron chi connectivity index (χ0n) is 10.2. The molecular formula is C11H21NO4S. The number of hydrogen-bond donors (Lipinski definition) is 2. The first kappa shape index (κ1) is 14.4. The van der Waals surface area contributed by atoms with Gasteiger partial charge in [-0.05, 0) is 31.6 Å². The Balaban J connectivity index is 2.59. The van der Waals surface area contributed by atoms with Crippen LogP contribution in [0.15, 0.2) is 0 Å². The average molecular weight is 263 g/mol. The molecule has 0 aliphatic heterocycles. The Morgan fingerprint density at radius 3 is 2.41 bits per heavy atom. The van der Waals surface area contributed by atoms with Crippen molar-refractivity contribution in [2.24, 2.45) is 17.1 Å². The van der Waals surface area contributed by atoms with Gasteiger partial charge in [-0.1, -0.05) is 6.92 Å². The van der Waals surface area contributed by atoms with Crippen LogP contribution in [-0.2, 0) is 14.6 Å². The highest BCUT2D eigenvalue weighted by molar-refractivity contribution is 7.91. The van der Waals surface area contributed by atoms with Crippen LogP contribution in [0.1, 0.15) is 32.6 Å². The van der Waals surface area contributed by atoms with Crippen LogP contribution < -0.4 is 5.73 Å². The molecule has 5 nitrogen and oxygen atoms in total. The van der Waals surface area contributed by atoms with Crippen molar-refractivity contribution in [3.63, 3.8) is 0 Å². The Kier molecular flexibility index (Phi) is 4.55. The van der Waals surface area contributed by atoms with Gasteiger partial charge in [0.25, 0.3) is 0 Å². The maximum Gasteiger partial charge on any atom is 0.311 e. The van der Waals surface area contributed by atoms with E-state index >= 15 is 0 Å². The van der Waals surface area contributed by atoms with E-state index < -0.39 is 21.2 Å². The topological polar surface area (TPSA) is 97.5 Å². The van der Waals surface area contributed by atoms with E-state index in [1.165, 1.54) is 0 Å². The van der Waals surface area contributed by atoms with Crippen LogP contribution in [0.25, 0.3) is 0 Å². The third kappa shape index (κ3) is 3.42. The standard InChI is InChI=1S/C11H21NO4S/c1-2-17(15,16)7-3-6-11(8-12,10(13)14)9-4-5-9/h9H,2-8,12H2,1H3,(H,13,14). The van der Waals surface area contributed by atoms with Crippen molar-refractivity contribution in [1.29, 1.82) is 0 Å². The summed E-state index contributed by atoms with van der Waals surface area (Å²) in [5, 5.41) is 9.29. The van der Waals surface area contributed by atoms with Gasteiger partial charge in [-0.2, -0.15) is 0 Å². The van der Waals surface area contributed by atoms with Crippen LogP contribution in [0.2, 0.25) is 0 Å². The molecule has 0 heterocycles. The van der Waals surface area contributed by atoms with Crippen molar-refractivity contribution in [1.82, 2.24) is 0 Å². The second-order valence-corrected chi connectivity index (χ2v) is 7.25. The number of sulfone groups is 1. The molecule has 6 heteroatoms. The zero-order chi connectivity index (χ0) is 13.1. The molecule has 1 unspecified atom stereocenters. The summed E-state index contributed by atoms with van der Waals surface area (Å²) < 4.78 is 22.7. The van der Waals surface area contributed by atoms with Crippen molar-refractivity contribution < 1.29 is 18.3 Å². The molecule has 0 aromatic carbocycles. The second kappa shape index (κ2) is 5.35. The minimum Gasteiger partial charge on any atom is -0.481 e. The number of carboxylic acid groups (broad SMARTS) is 1. The summed E-state index contributed by atoms with van der Waals surface area (Å²) >= 11 is 0. The highest BCUT2D eigenvalue weighted by atomic mass is 32.2. The van der Waals surface area contributed by atoms with Crippen LogP contribution in [0.4, 0.5) is 0 Å². The van der Waals surface area contributed by atoms with Gasteiger partial charge in [0.2, 0.25) is 0 Å². The molecule has 1 atom stereocenters. The molecule has 1 aliphatic rings. The molecule has 17 heavy (non-hydrogen) atoms. The first-order chi connectivity index (χ1) is 7.88. The maximum atomic E-state index is 11.4. The number of nitrogens with two attached hydrogens (primary N) is 1. The van der Waals surface area contributed by atoms with Gasteiger partial charge in [0.1, 0.15) is 9.84 Å². The van der Waals surface area contributed by atoms with E-state index in [-0.39, 0.29) is 24.0 Å². The lowest BCUT2D eigenvalue weighted by molar-refractivity contribution is -0.150. The third-order valence-corrected chi connectivity index (χ3v) is 5.46. The van der Waals surface area contributed by atoms with E-state index in [0.717, 1.165) is 12.8 Å². The fraction of sp³-hybridized carbons (Fsp3) is 0.909. The predicted octanol–water partition coefficient (Wildman–Crippen LogP) is 0.641. The average Bonchev–Trinajstić information content (AvgIpc) is 3.08. The highest BCUT2D eigenvalue weighted by Crippen LogP contribution is 2.48. The van der Waals surface area contributed by atoms with E-state index in [1.807, 2.05) is 0 Å². The van der Waals surface area contributed by atoms with Crippen molar-refractivity contribution in [3.8, 4) is 0 Å². The first-order valence-electron chi connectivity index (χ1n) is 6.02. The van der Waals surface area contributed by atoms with Crippen LogP contribution in [0, 0.1) is 11.3 Å². The fourth-order valence-corrected chi connectivity index (χ4v) is 3.10. The predicted molar refractivity (Wildman–Crippen MR) is 65.4 cm³/mol. The molecule has 0 saturated heterocycles.